The second kappa shape index (κ2) is 7.56. The first-order valence-corrected chi connectivity index (χ1v) is 6.61. The van der Waals surface area contributed by atoms with Crippen LogP contribution in [0.1, 0.15) is 18.9 Å². The van der Waals surface area contributed by atoms with Crippen molar-refractivity contribution >= 4 is 17.4 Å². The lowest BCUT2D eigenvalue weighted by molar-refractivity contribution is 0.281. The van der Waals surface area contributed by atoms with Crippen molar-refractivity contribution in [3.05, 3.63) is 22.8 Å². The van der Waals surface area contributed by atoms with Crippen LogP contribution in [0.4, 0.5) is 5.82 Å². The quantitative estimate of drug-likeness (QED) is 0.824. The first kappa shape index (κ1) is 15.2. The summed E-state index contributed by atoms with van der Waals surface area (Å²) in [5.74, 6) is 0.801. The van der Waals surface area contributed by atoms with E-state index in [9.17, 15) is 0 Å². The van der Waals surface area contributed by atoms with Crippen molar-refractivity contribution < 1.29 is 5.11 Å². The third-order valence-electron chi connectivity index (χ3n) is 2.78. The SMILES string of the molecule is CCN(CCCN(C)C)c1ncc(CO)cc1Cl. The van der Waals surface area contributed by atoms with Crippen molar-refractivity contribution in [3.63, 3.8) is 0 Å². The van der Waals surface area contributed by atoms with E-state index in [0.29, 0.717) is 5.02 Å². The Morgan fingerprint density at radius 1 is 1.33 bits per heavy atom. The number of nitrogens with zero attached hydrogens (tertiary/aromatic N) is 3. The summed E-state index contributed by atoms with van der Waals surface area (Å²) in [6, 6.07) is 1.78. The fraction of sp³-hybridized carbons (Fsp3) is 0.615. The number of anilines is 1. The average Bonchev–Trinajstić information content (AvgIpc) is 2.35. The normalized spacial score (nSPS) is 11.0. The summed E-state index contributed by atoms with van der Waals surface area (Å²) in [7, 11) is 4.13. The van der Waals surface area contributed by atoms with Crippen LogP contribution in [0.3, 0.4) is 0 Å². The number of aliphatic hydroxyl groups excluding tert-OH is 1. The molecule has 0 atom stereocenters. The fourth-order valence-corrected chi connectivity index (χ4v) is 2.09. The monoisotopic (exact) mass is 271 g/mol. The highest BCUT2D eigenvalue weighted by Crippen LogP contribution is 2.24. The maximum atomic E-state index is 9.03. The van der Waals surface area contributed by atoms with E-state index in [2.05, 4.69) is 35.8 Å². The molecule has 0 aliphatic rings. The summed E-state index contributed by atoms with van der Waals surface area (Å²) >= 11 is 6.20. The number of rotatable bonds is 7. The van der Waals surface area contributed by atoms with Crippen LogP contribution in [0.2, 0.25) is 5.02 Å². The predicted octanol–water partition coefficient (Wildman–Crippen LogP) is 2.01. The lowest BCUT2D eigenvalue weighted by Gasteiger charge is -2.24. The zero-order chi connectivity index (χ0) is 13.5. The van der Waals surface area contributed by atoms with E-state index in [1.54, 1.807) is 12.3 Å². The largest absolute Gasteiger partial charge is 0.392 e. The van der Waals surface area contributed by atoms with Crippen LogP contribution in [0.5, 0.6) is 0 Å². The zero-order valence-corrected chi connectivity index (χ0v) is 12.1. The number of aromatic nitrogens is 1. The maximum absolute atomic E-state index is 9.03. The van der Waals surface area contributed by atoms with Gasteiger partial charge in [-0.2, -0.15) is 0 Å². The third kappa shape index (κ3) is 4.44. The Hall–Kier alpha value is -0.840. The third-order valence-corrected chi connectivity index (χ3v) is 3.05. The van der Waals surface area contributed by atoms with E-state index < -0.39 is 0 Å². The van der Waals surface area contributed by atoms with Crippen molar-refractivity contribution in [1.82, 2.24) is 9.88 Å². The van der Waals surface area contributed by atoms with E-state index in [-0.39, 0.29) is 6.61 Å². The molecule has 1 heterocycles. The van der Waals surface area contributed by atoms with Gasteiger partial charge in [-0.1, -0.05) is 11.6 Å². The molecule has 102 valence electrons. The lowest BCUT2D eigenvalue weighted by Crippen LogP contribution is -2.28. The number of pyridine rings is 1. The number of hydrogen-bond donors (Lipinski definition) is 1. The molecule has 5 heteroatoms. The van der Waals surface area contributed by atoms with Crippen molar-refractivity contribution in [2.75, 3.05) is 38.6 Å². The number of hydrogen-bond acceptors (Lipinski definition) is 4. The number of halogens is 1. The van der Waals surface area contributed by atoms with Gasteiger partial charge in [-0.25, -0.2) is 4.98 Å². The molecule has 0 fully saturated rings. The first-order chi connectivity index (χ1) is 8.58. The summed E-state index contributed by atoms with van der Waals surface area (Å²) in [5.41, 5.74) is 0.744. The molecule has 18 heavy (non-hydrogen) atoms. The van der Waals surface area contributed by atoms with Gasteiger partial charge in [-0.05, 0) is 45.6 Å². The fourth-order valence-electron chi connectivity index (χ4n) is 1.78. The Bertz CT molecular complexity index is 371. The highest BCUT2D eigenvalue weighted by Gasteiger charge is 2.10. The van der Waals surface area contributed by atoms with Crippen LogP contribution in [-0.4, -0.2) is 48.7 Å². The van der Waals surface area contributed by atoms with Gasteiger partial charge in [0.15, 0.2) is 0 Å². The minimum Gasteiger partial charge on any atom is -0.392 e. The molecule has 0 aliphatic carbocycles. The maximum Gasteiger partial charge on any atom is 0.147 e. The molecule has 0 aromatic carbocycles. The molecule has 1 rings (SSSR count). The van der Waals surface area contributed by atoms with Gasteiger partial charge in [-0.15, -0.1) is 0 Å². The summed E-state index contributed by atoms with van der Waals surface area (Å²) in [4.78, 5) is 8.66. The Labute approximate surface area is 114 Å². The lowest BCUT2D eigenvalue weighted by atomic mass is 10.3. The summed E-state index contributed by atoms with van der Waals surface area (Å²) in [6.45, 7) is 4.91. The molecule has 4 nitrogen and oxygen atoms in total. The van der Waals surface area contributed by atoms with E-state index in [4.69, 9.17) is 16.7 Å². The topological polar surface area (TPSA) is 39.6 Å². The van der Waals surface area contributed by atoms with Crippen molar-refractivity contribution in [2.45, 2.75) is 20.0 Å². The average molecular weight is 272 g/mol. The van der Waals surface area contributed by atoms with Crippen molar-refractivity contribution in [1.29, 1.82) is 0 Å². The van der Waals surface area contributed by atoms with Crippen LogP contribution in [0.25, 0.3) is 0 Å². The molecular formula is C13H22ClN3O. The minimum atomic E-state index is -0.0280. The highest BCUT2D eigenvalue weighted by atomic mass is 35.5. The molecule has 0 spiro atoms. The Morgan fingerprint density at radius 2 is 2.06 bits per heavy atom. The number of aliphatic hydroxyl groups is 1. The van der Waals surface area contributed by atoms with Gasteiger partial charge in [0, 0.05) is 19.3 Å². The van der Waals surface area contributed by atoms with Crippen LogP contribution in [0.15, 0.2) is 12.3 Å². The molecule has 0 saturated heterocycles. The Morgan fingerprint density at radius 3 is 2.56 bits per heavy atom. The molecule has 1 aromatic rings. The highest BCUT2D eigenvalue weighted by molar-refractivity contribution is 6.33. The predicted molar refractivity (Wildman–Crippen MR) is 76.2 cm³/mol. The van der Waals surface area contributed by atoms with Gasteiger partial charge in [-0.3, -0.25) is 0 Å². The van der Waals surface area contributed by atoms with Gasteiger partial charge in [0.2, 0.25) is 0 Å². The molecule has 1 aromatic heterocycles. The van der Waals surface area contributed by atoms with E-state index in [1.807, 2.05) is 0 Å². The Balaban J connectivity index is 2.69. The zero-order valence-electron chi connectivity index (χ0n) is 11.4. The van der Waals surface area contributed by atoms with Gasteiger partial charge in [0.05, 0.1) is 11.6 Å². The van der Waals surface area contributed by atoms with Crippen LogP contribution < -0.4 is 4.90 Å². The van der Waals surface area contributed by atoms with Crippen LogP contribution >= 0.6 is 11.6 Å². The Kier molecular flexibility index (Phi) is 6.39. The van der Waals surface area contributed by atoms with Gasteiger partial charge in [0.1, 0.15) is 5.82 Å². The standard InChI is InChI=1S/C13H22ClN3O/c1-4-17(7-5-6-16(2)3)13-12(14)8-11(10-18)9-15-13/h8-9,18H,4-7,10H2,1-3H3. The van der Waals surface area contributed by atoms with Crippen LogP contribution in [-0.2, 0) is 6.61 Å². The van der Waals surface area contributed by atoms with Crippen LogP contribution in [0, 0.1) is 0 Å². The first-order valence-electron chi connectivity index (χ1n) is 6.23. The molecule has 0 radical (unpaired) electrons. The smallest absolute Gasteiger partial charge is 0.147 e. The van der Waals surface area contributed by atoms with Gasteiger partial charge in [0.25, 0.3) is 0 Å². The summed E-state index contributed by atoms with van der Waals surface area (Å²) < 4.78 is 0. The van der Waals surface area contributed by atoms with Gasteiger partial charge >= 0.3 is 0 Å². The minimum absolute atomic E-state index is 0.0280. The molecule has 0 unspecified atom stereocenters. The molecule has 0 saturated carbocycles. The second-order valence-corrected chi connectivity index (χ2v) is 4.95. The summed E-state index contributed by atoms with van der Waals surface area (Å²) in [5, 5.41) is 9.64. The molecule has 0 bridgehead atoms. The molecular weight excluding hydrogens is 250 g/mol. The molecule has 0 aliphatic heterocycles. The van der Waals surface area contributed by atoms with E-state index in [0.717, 1.165) is 37.4 Å². The van der Waals surface area contributed by atoms with Gasteiger partial charge < -0.3 is 14.9 Å². The molecule has 1 N–H and O–H groups in total. The summed E-state index contributed by atoms with van der Waals surface area (Å²) in [6.07, 6.45) is 2.75. The van der Waals surface area contributed by atoms with Crippen molar-refractivity contribution in [3.8, 4) is 0 Å². The van der Waals surface area contributed by atoms with Crippen molar-refractivity contribution in [2.24, 2.45) is 0 Å². The molecule has 0 amide bonds. The van der Waals surface area contributed by atoms with E-state index in [1.165, 1.54) is 0 Å². The second-order valence-electron chi connectivity index (χ2n) is 4.54. The van der Waals surface area contributed by atoms with E-state index >= 15 is 0 Å².